The number of hydrogen-bond donors (Lipinski definition) is 1. The van der Waals surface area contributed by atoms with Crippen LogP contribution in [0.4, 0.5) is 5.69 Å². The highest BCUT2D eigenvalue weighted by molar-refractivity contribution is 7.91. The number of hydrogen-bond acceptors (Lipinski definition) is 3. The van der Waals surface area contributed by atoms with Gasteiger partial charge in [0.2, 0.25) is 10.0 Å². The molecular formula is C15H15NO3S. The molecule has 0 aliphatic carbocycles. The Morgan fingerprint density at radius 1 is 1.05 bits per heavy atom. The molecule has 0 fully saturated rings. The van der Waals surface area contributed by atoms with Gasteiger partial charge in [-0.3, -0.25) is 9.52 Å². The molecule has 0 saturated carbocycles. The van der Waals surface area contributed by atoms with Crippen molar-refractivity contribution < 1.29 is 13.2 Å². The molecule has 2 aromatic carbocycles. The van der Waals surface area contributed by atoms with Gasteiger partial charge in [-0.15, -0.1) is 0 Å². The largest absolute Gasteiger partial charge is 0.295 e. The Bertz CT molecular complexity index is 709. The zero-order chi connectivity index (χ0) is 14.6. The van der Waals surface area contributed by atoms with Gasteiger partial charge in [0, 0.05) is 11.3 Å². The van der Waals surface area contributed by atoms with Crippen LogP contribution in [0.5, 0.6) is 0 Å². The Morgan fingerprint density at radius 3 is 2.40 bits per heavy atom. The number of anilines is 1. The van der Waals surface area contributed by atoms with Crippen LogP contribution in [0.15, 0.2) is 54.6 Å². The molecule has 2 aromatic rings. The Kier molecular flexibility index (Phi) is 4.20. The molecule has 1 N–H and O–H groups in total. The minimum atomic E-state index is -3.49. The van der Waals surface area contributed by atoms with Crippen molar-refractivity contribution in [1.82, 2.24) is 0 Å². The van der Waals surface area contributed by atoms with Crippen LogP contribution >= 0.6 is 0 Å². The summed E-state index contributed by atoms with van der Waals surface area (Å²) >= 11 is 0. The van der Waals surface area contributed by atoms with Gasteiger partial charge in [-0.2, -0.15) is 0 Å². The lowest BCUT2D eigenvalue weighted by Crippen LogP contribution is -2.15. The van der Waals surface area contributed by atoms with Crippen LogP contribution < -0.4 is 4.72 Å². The zero-order valence-electron chi connectivity index (χ0n) is 11.0. The first-order chi connectivity index (χ1) is 9.46. The maximum absolute atomic E-state index is 12.1. The van der Waals surface area contributed by atoms with Gasteiger partial charge >= 0.3 is 0 Å². The quantitative estimate of drug-likeness (QED) is 0.861. The summed E-state index contributed by atoms with van der Waals surface area (Å²) in [7, 11) is -3.49. The van der Waals surface area contributed by atoms with E-state index in [0.717, 1.165) is 0 Å². The number of sulfonamides is 1. The number of nitrogens with one attached hydrogen (secondary N) is 1. The van der Waals surface area contributed by atoms with E-state index < -0.39 is 10.0 Å². The molecule has 4 nitrogen and oxygen atoms in total. The summed E-state index contributed by atoms with van der Waals surface area (Å²) < 4.78 is 26.6. The summed E-state index contributed by atoms with van der Waals surface area (Å²) in [5.74, 6) is -0.202. The summed E-state index contributed by atoms with van der Waals surface area (Å²) in [6, 6.07) is 15.4. The summed E-state index contributed by atoms with van der Waals surface area (Å²) in [5.41, 5.74) is 1.58. The van der Waals surface area contributed by atoms with Gasteiger partial charge < -0.3 is 0 Å². The van der Waals surface area contributed by atoms with E-state index in [1.54, 1.807) is 42.5 Å². The second kappa shape index (κ2) is 5.88. The van der Waals surface area contributed by atoms with E-state index in [0.29, 0.717) is 16.8 Å². The first-order valence-corrected chi connectivity index (χ1v) is 7.77. The van der Waals surface area contributed by atoms with Gasteiger partial charge in [0.05, 0.1) is 5.75 Å². The molecule has 0 atom stereocenters. The van der Waals surface area contributed by atoms with Crippen molar-refractivity contribution in [1.29, 1.82) is 0 Å². The molecule has 0 aliphatic rings. The van der Waals surface area contributed by atoms with E-state index in [1.165, 1.54) is 13.0 Å². The van der Waals surface area contributed by atoms with E-state index in [-0.39, 0.29) is 11.5 Å². The Hall–Kier alpha value is -2.14. The topological polar surface area (TPSA) is 63.2 Å². The van der Waals surface area contributed by atoms with Crippen molar-refractivity contribution >= 4 is 21.5 Å². The normalized spacial score (nSPS) is 11.1. The Balaban J connectivity index is 2.16. The van der Waals surface area contributed by atoms with E-state index in [9.17, 15) is 13.2 Å². The van der Waals surface area contributed by atoms with Gasteiger partial charge in [0.1, 0.15) is 0 Å². The van der Waals surface area contributed by atoms with Crippen LogP contribution in [0.1, 0.15) is 22.8 Å². The molecule has 2 rings (SSSR count). The highest BCUT2D eigenvalue weighted by Gasteiger charge is 2.12. The van der Waals surface area contributed by atoms with Crippen molar-refractivity contribution in [2.45, 2.75) is 12.7 Å². The van der Waals surface area contributed by atoms with Crippen LogP contribution in [0.3, 0.4) is 0 Å². The smallest absolute Gasteiger partial charge is 0.236 e. The molecule has 0 aromatic heterocycles. The summed E-state index contributed by atoms with van der Waals surface area (Å²) in [6.45, 7) is 1.44. The molecule has 0 saturated heterocycles. The van der Waals surface area contributed by atoms with E-state index in [4.69, 9.17) is 0 Å². The molecule has 0 radical (unpaired) electrons. The second-order valence-electron chi connectivity index (χ2n) is 4.48. The van der Waals surface area contributed by atoms with Gasteiger partial charge in [0.25, 0.3) is 0 Å². The molecule has 5 heteroatoms. The van der Waals surface area contributed by atoms with Crippen LogP contribution in [0.2, 0.25) is 0 Å². The lowest BCUT2D eigenvalue weighted by atomic mass is 10.1. The number of carbonyl (C=O) groups is 1. The third-order valence-electron chi connectivity index (χ3n) is 2.74. The van der Waals surface area contributed by atoms with Crippen LogP contribution in [-0.4, -0.2) is 14.2 Å². The number of carbonyl (C=O) groups excluding carboxylic acids is 1. The molecule has 0 amide bonds. The second-order valence-corrected chi connectivity index (χ2v) is 6.21. The van der Waals surface area contributed by atoms with Crippen LogP contribution in [-0.2, 0) is 15.8 Å². The number of ketones is 1. The third-order valence-corrected chi connectivity index (χ3v) is 4.00. The minimum absolute atomic E-state index is 0.0991. The first kappa shape index (κ1) is 14.3. The van der Waals surface area contributed by atoms with Gasteiger partial charge in [-0.1, -0.05) is 42.5 Å². The molecule has 0 bridgehead atoms. The average molecular weight is 289 g/mol. The molecule has 104 valence electrons. The lowest BCUT2D eigenvalue weighted by Gasteiger charge is -2.09. The van der Waals surface area contributed by atoms with Crippen molar-refractivity contribution in [3.63, 3.8) is 0 Å². The van der Waals surface area contributed by atoms with Gasteiger partial charge in [-0.25, -0.2) is 8.42 Å². The van der Waals surface area contributed by atoms with Gasteiger partial charge in [-0.05, 0) is 24.6 Å². The monoisotopic (exact) mass is 289 g/mol. The zero-order valence-corrected chi connectivity index (χ0v) is 11.9. The van der Waals surface area contributed by atoms with Crippen molar-refractivity contribution in [3.05, 3.63) is 65.7 Å². The van der Waals surface area contributed by atoms with Crippen LogP contribution in [0, 0.1) is 0 Å². The summed E-state index contributed by atoms with van der Waals surface area (Å²) in [5, 5.41) is 0. The summed E-state index contributed by atoms with van der Waals surface area (Å²) in [4.78, 5) is 11.3. The number of benzene rings is 2. The minimum Gasteiger partial charge on any atom is -0.295 e. The van der Waals surface area contributed by atoms with Gasteiger partial charge in [0.15, 0.2) is 5.78 Å². The van der Waals surface area contributed by atoms with E-state index >= 15 is 0 Å². The molecule has 0 heterocycles. The fourth-order valence-electron chi connectivity index (χ4n) is 1.81. The SMILES string of the molecule is CC(=O)c1cccc(NS(=O)(=O)Cc2ccccc2)c1. The first-order valence-electron chi connectivity index (χ1n) is 6.12. The average Bonchev–Trinajstić information content (AvgIpc) is 2.39. The predicted octanol–water partition coefficient (Wildman–Crippen LogP) is 2.83. The number of Topliss-reactive ketones (excluding diaryl/α,β-unsaturated/α-hetero) is 1. The predicted molar refractivity (Wildman–Crippen MR) is 79.1 cm³/mol. The number of rotatable bonds is 5. The molecule has 0 spiro atoms. The summed E-state index contributed by atoms with van der Waals surface area (Å²) in [6.07, 6.45) is 0. The fourth-order valence-corrected chi connectivity index (χ4v) is 3.00. The lowest BCUT2D eigenvalue weighted by molar-refractivity contribution is 0.101. The van der Waals surface area contributed by atoms with E-state index in [2.05, 4.69) is 4.72 Å². The Morgan fingerprint density at radius 2 is 1.75 bits per heavy atom. The standard InChI is InChI=1S/C15H15NO3S/c1-12(17)14-8-5-9-15(10-14)16-20(18,19)11-13-6-3-2-4-7-13/h2-10,16H,11H2,1H3. The molecule has 20 heavy (non-hydrogen) atoms. The molecule has 0 aliphatic heterocycles. The van der Waals surface area contributed by atoms with E-state index in [1.807, 2.05) is 6.07 Å². The Labute approximate surface area is 118 Å². The van der Waals surface area contributed by atoms with Crippen molar-refractivity contribution in [2.75, 3.05) is 4.72 Å². The molecular weight excluding hydrogens is 274 g/mol. The van der Waals surface area contributed by atoms with Crippen molar-refractivity contribution in [2.24, 2.45) is 0 Å². The third kappa shape index (κ3) is 3.93. The maximum atomic E-state index is 12.1. The molecule has 0 unspecified atom stereocenters. The highest BCUT2D eigenvalue weighted by Crippen LogP contribution is 2.15. The maximum Gasteiger partial charge on any atom is 0.236 e. The van der Waals surface area contributed by atoms with Crippen molar-refractivity contribution in [3.8, 4) is 0 Å². The van der Waals surface area contributed by atoms with Crippen LogP contribution in [0.25, 0.3) is 0 Å². The fraction of sp³-hybridized carbons (Fsp3) is 0.133. The highest BCUT2D eigenvalue weighted by atomic mass is 32.2.